The molecule has 0 spiro atoms. The molecule has 0 aliphatic heterocycles. The molecule has 2 aromatic carbocycles. The van der Waals surface area contributed by atoms with E-state index in [-0.39, 0.29) is 10.8 Å². The van der Waals surface area contributed by atoms with E-state index in [1.807, 2.05) is 32.0 Å². The first-order chi connectivity index (χ1) is 12.2. The average Bonchev–Trinajstić information content (AvgIpc) is 2.61. The molecule has 2 rings (SSSR count). The highest BCUT2D eigenvalue weighted by molar-refractivity contribution is 7.89. The van der Waals surface area contributed by atoms with Gasteiger partial charge in [0.05, 0.1) is 11.4 Å². The lowest BCUT2D eigenvalue weighted by molar-refractivity contribution is -0.116. The highest BCUT2D eigenvalue weighted by Gasteiger charge is 2.16. The van der Waals surface area contributed by atoms with E-state index in [0.717, 1.165) is 23.2 Å². The van der Waals surface area contributed by atoms with E-state index in [0.29, 0.717) is 5.56 Å². The number of benzene rings is 2. The quantitative estimate of drug-likeness (QED) is 0.681. The summed E-state index contributed by atoms with van der Waals surface area (Å²) in [6.07, 6.45) is 0.778. The highest BCUT2D eigenvalue weighted by atomic mass is 32.2. The summed E-state index contributed by atoms with van der Waals surface area (Å²) in [5.74, 6) is -1.11. The molecule has 138 valence electrons. The monoisotopic (exact) mass is 375 g/mol. The minimum absolute atomic E-state index is 0.0551. The minimum atomic E-state index is -3.86. The van der Waals surface area contributed by atoms with E-state index >= 15 is 0 Å². The second-order valence-electron chi connectivity index (χ2n) is 5.73. The largest absolute Gasteiger partial charge is 0.369 e. The normalized spacial score (nSPS) is 11.2. The lowest BCUT2D eigenvalue weighted by Gasteiger charge is -2.13. The van der Waals surface area contributed by atoms with Crippen molar-refractivity contribution in [3.63, 3.8) is 0 Å². The molecule has 0 heterocycles. The standard InChI is InChI=1S/C18H21N3O4S/c1-3-13-6-4-5-12(2)17(13)21-18(23)14-7-9-15(10-8-14)26(24,25)20-11-16(19)22/h4-10,20H,3,11H2,1-2H3,(H2,19,22)(H,21,23). The average molecular weight is 375 g/mol. The Kier molecular flexibility index (Phi) is 6.12. The third kappa shape index (κ3) is 4.68. The molecule has 8 heteroatoms. The van der Waals surface area contributed by atoms with E-state index in [2.05, 4.69) is 10.0 Å². The van der Waals surface area contributed by atoms with Crippen molar-refractivity contribution < 1.29 is 18.0 Å². The number of carbonyl (C=O) groups is 2. The van der Waals surface area contributed by atoms with Crippen LogP contribution in [0.3, 0.4) is 0 Å². The molecule has 0 fully saturated rings. The smallest absolute Gasteiger partial charge is 0.255 e. The number of nitrogens with two attached hydrogens (primary N) is 1. The van der Waals surface area contributed by atoms with Crippen LogP contribution in [-0.2, 0) is 21.2 Å². The predicted octanol–water partition coefficient (Wildman–Crippen LogP) is 1.57. The Morgan fingerprint density at radius 1 is 1.08 bits per heavy atom. The Morgan fingerprint density at radius 2 is 1.73 bits per heavy atom. The van der Waals surface area contributed by atoms with Gasteiger partial charge in [-0.2, -0.15) is 0 Å². The van der Waals surface area contributed by atoms with E-state index < -0.39 is 22.5 Å². The molecule has 0 aromatic heterocycles. The molecule has 4 N–H and O–H groups in total. The van der Waals surface area contributed by atoms with Crippen LogP contribution in [0.4, 0.5) is 5.69 Å². The molecule has 0 saturated carbocycles. The maximum atomic E-state index is 12.5. The Hall–Kier alpha value is -2.71. The molecule has 26 heavy (non-hydrogen) atoms. The number of aryl methyl sites for hydroxylation is 2. The summed E-state index contributed by atoms with van der Waals surface area (Å²) in [6, 6.07) is 11.2. The minimum Gasteiger partial charge on any atom is -0.369 e. The third-order valence-electron chi connectivity index (χ3n) is 3.84. The number of hydrogen-bond donors (Lipinski definition) is 3. The first-order valence-corrected chi connectivity index (χ1v) is 9.50. The topological polar surface area (TPSA) is 118 Å². The van der Waals surface area contributed by atoms with Crippen LogP contribution in [0.25, 0.3) is 0 Å². The zero-order valence-corrected chi connectivity index (χ0v) is 15.4. The third-order valence-corrected chi connectivity index (χ3v) is 5.26. The van der Waals surface area contributed by atoms with Crippen LogP contribution in [0.5, 0.6) is 0 Å². The molecule has 0 bridgehead atoms. The summed E-state index contributed by atoms with van der Waals surface area (Å²) in [5, 5.41) is 2.88. The molecular weight excluding hydrogens is 354 g/mol. The summed E-state index contributed by atoms with van der Waals surface area (Å²) in [4.78, 5) is 23.1. The van der Waals surface area contributed by atoms with E-state index in [4.69, 9.17) is 5.73 Å². The van der Waals surface area contributed by atoms with Crippen molar-refractivity contribution in [2.75, 3.05) is 11.9 Å². The van der Waals surface area contributed by atoms with Crippen molar-refractivity contribution in [3.05, 3.63) is 59.2 Å². The maximum absolute atomic E-state index is 12.5. The van der Waals surface area contributed by atoms with E-state index in [1.54, 1.807) is 0 Å². The fourth-order valence-corrected chi connectivity index (χ4v) is 3.42. The Labute approximate surface area is 152 Å². The van der Waals surface area contributed by atoms with Gasteiger partial charge in [0.2, 0.25) is 15.9 Å². The molecule has 2 aromatic rings. The number of primary amides is 1. The first kappa shape index (κ1) is 19.6. The van der Waals surface area contributed by atoms with Gasteiger partial charge in [-0.3, -0.25) is 9.59 Å². The zero-order chi connectivity index (χ0) is 19.3. The summed E-state index contributed by atoms with van der Waals surface area (Å²) < 4.78 is 26.1. The molecule has 0 unspecified atom stereocenters. The van der Waals surface area contributed by atoms with Gasteiger partial charge in [0, 0.05) is 11.3 Å². The first-order valence-electron chi connectivity index (χ1n) is 8.02. The predicted molar refractivity (Wildman–Crippen MR) is 99.3 cm³/mol. The van der Waals surface area contributed by atoms with Crippen LogP contribution in [0.2, 0.25) is 0 Å². The van der Waals surface area contributed by atoms with Crippen LogP contribution < -0.4 is 15.8 Å². The van der Waals surface area contributed by atoms with Gasteiger partial charge in [0.1, 0.15) is 0 Å². The van der Waals surface area contributed by atoms with Gasteiger partial charge in [0.25, 0.3) is 5.91 Å². The Morgan fingerprint density at radius 3 is 2.31 bits per heavy atom. The van der Waals surface area contributed by atoms with Gasteiger partial charge in [-0.25, -0.2) is 13.1 Å². The van der Waals surface area contributed by atoms with Crippen molar-refractivity contribution in [1.82, 2.24) is 4.72 Å². The summed E-state index contributed by atoms with van der Waals surface area (Å²) in [7, 11) is -3.86. The number of nitrogens with one attached hydrogen (secondary N) is 2. The Bertz CT molecular complexity index is 922. The van der Waals surface area contributed by atoms with E-state index in [1.165, 1.54) is 24.3 Å². The fourth-order valence-electron chi connectivity index (χ4n) is 2.42. The molecule has 2 amide bonds. The van der Waals surface area contributed by atoms with Crippen molar-refractivity contribution in [3.8, 4) is 0 Å². The zero-order valence-electron chi connectivity index (χ0n) is 14.6. The van der Waals surface area contributed by atoms with Crippen molar-refractivity contribution >= 4 is 27.5 Å². The molecule has 0 saturated heterocycles. The van der Waals surface area contributed by atoms with Crippen molar-refractivity contribution in [2.24, 2.45) is 5.73 Å². The van der Waals surface area contributed by atoms with Gasteiger partial charge in [-0.15, -0.1) is 0 Å². The van der Waals surface area contributed by atoms with Gasteiger partial charge in [-0.05, 0) is 48.7 Å². The lowest BCUT2D eigenvalue weighted by Crippen LogP contribution is -2.33. The molecule has 7 nitrogen and oxygen atoms in total. The summed E-state index contributed by atoms with van der Waals surface area (Å²) >= 11 is 0. The van der Waals surface area contributed by atoms with Crippen LogP contribution in [0.1, 0.15) is 28.4 Å². The highest BCUT2D eigenvalue weighted by Crippen LogP contribution is 2.22. The van der Waals surface area contributed by atoms with Crippen molar-refractivity contribution in [2.45, 2.75) is 25.2 Å². The fraction of sp³-hybridized carbons (Fsp3) is 0.222. The number of rotatable bonds is 7. The molecular formula is C18H21N3O4S. The number of anilines is 1. The summed E-state index contributed by atoms with van der Waals surface area (Å²) in [6.45, 7) is 3.43. The SMILES string of the molecule is CCc1cccc(C)c1NC(=O)c1ccc(S(=O)(=O)NCC(N)=O)cc1. The number of carbonyl (C=O) groups excluding carboxylic acids is 2. The van der Waals surface area contributed by atoms with Gasteiger partial charge < -0.3 is 11.1 Å². The summed E-state index contributed by atoms with van der Waals surface area (Å²) in [5.41, 5.74) is 7.99. The molecule has 0 aliphatic rings. The van der Waals surface area contributed by atoms with Crippen LogP contribution in [0, 0.1) is 6.92 Å². The van der Waals surface area contributed by atoms with Gasteiger partial charge in [-0.1, -0.05) is 25.1 Å². The van der Waals surface area contributed by atoms with E-state index in [9.17, 15) is 18.0 Å². The van der Waals surface area contributed by atoms with Gasteiger partial charge >= 0.3 is 0 Å². The number of hydrogen-bond acceptors (Lipinski definition) is 4. The van der Waals surface area contributed by atoms with Crippen LogP contribution in [-0.4, -0.2) is 26.8 Å². The second-order valence-corrected chi connectivity index (χ2v) is 7.50. The second kappa shape index (κ2) is 8.11. The van der Waals surface area contributed by atoms with Crippen molar-refractivity contribution in [1.29, 1.82) is 0 Å². The lowest BCUT2D eigenvalue weighted by atomic mass is 10.1. The molecule has 0 aliphatic carbocycles. The number of sulfonamides is 1. The van der Waals surface area contributed by atoms with Crippen LogP contribution in [0.15, 0.2) is 47.4 Å². The van der Waals surface area contributed by atoms with Crippen LogP contribution >= 0.6 is 0 Å². The molecule has 0 atom stereocenters. The van der Waals surface area contributed by atoms with Gasteiger partial charge in [0.15, 0.2) is 0 Å². The number of amides is 2. The molecule has 0 radical (unpaired) electrons. The maximum Gasteiger partial charge on any atom is 0.255 e. The Balaban J connectivity index is 2.18. The number of para-hydroxylation sites is 1.